The van der Waals surface area contributed by atoms with E-state index < -0.39 is 24.0 Å². The summed E-state index contributed by atoms with van der Waals surface area (Å²) in [6, 6.07) is 16.5. The summed E-state index contributed by atoms with van der Waals surface area (Å²) in [4.78, 5) is 25.6. The number of nitrogens with zero attached hydrogens (tertiary/aromatic N) is 3. The summed E-state index contributed by atoms with van der Waals surface area (Å²) < 4.78 is 21.1. The highest BCUT2D eigenvalue weighted by Gasteiger charge is 2.25. The fourth-order valence-corrected chi connectivity index (χ4v) is 4.20. The summed E-state index contributed by atoms with van der Waals surface area (Å²) >= 11 is 0. The number of anilines is 2. The van der Waals surface area contributed by atoms with Crippen molar-refractivity contribution in [2.75, 3.05) is 16.8 Å². The Labute approximate surface area is 197 Å². The minimum Gasteiger partial charge on any atom is -0.481 e. The number of benzene rings is 2. The number of nitrogens with one attached hydrogen (secondary N) is 1. The summed E-state index contributed by atoms with van der Waals surface area (Å²) in [5.41, 5.74) is 2.34. The van der Waals surface area contributed by atoms with Gasteiger partial charge in [-0.1, -0.05) is 30.3 Å². The van der Waals surface area contributed by atoms with E-state index in [4.69, 9.17) is 4.74 Å². The molecule has 4 rings (SSSR count). The van der Waals surface area contributed by atoms with E-state index in [0.717, 1.165) is 37.1 Å². The van der Waals surface area contributed by atoms with Gasteiger partial charge in [0.05, 0.1) is 18.3 Å². The topological polar surface area (TPSA) is 96.7 Å². The molecule has 0 spiro atoms. The van der Waals surface area contributed by atoms with Crippen LogP contribution in [0.5, 0.6) is 0 Å². The van der Waals surface area contributed by atoms with Crippen molar-refractivity contribution in [3.05, 3.63) is 72.2 Å². The zero-order valence-corrected chi connectivity index (χ0v) is 18.9. The van der Waals surface area contributed by atoms with Crippen LogP contribution in [0.2, 0.25) is 0 Å². The van der Waals surface area contributed by atoms with Gasteiger partial charge in [0.15, 0.2) is 11.6 Å². The fraction of sp³-hybridized carbons (Fsp3) is 0.320. The lowest BCUT2D eigenvalue weighted by Gasteiger charge is -2.37. The fourth-order valence-electron chi connectivity index (χ4n) is 4.20. The Morgan fingerprint density at radius 1 is 1.15 bits per heavy atom. The van der Waals surface area contributed by atoms with Crippen LogP contribution in [-0.4, -0.2) is 39.5 Å². The predicted octanol–water partition coefficient (Wildman–Crippen LogP) is 5.15. The van der Waals surface area contributed by atoms with Crippen molar-refractivity contribution in [2.45, 2.75) is 44.8 Å². The molecule has 34 heavy (non-hydrogen) atoms. The highest BCUT2D eigenvalue weighted by molar-refractivity contribution is 5.83. The summed E-state index contributed by atoms with van der Waals surface area (Å²) in [7, 11) is 0. The number of piperidine rings is 1. The van der Waals surface area contributed by atoms with Crippen molar-refractivity contribution < 1.29 is 23.8 Å². The van der Waals surface area contributed by atoms with Gasteiger partial charge in [-0.25, -0.2) is 13.9 Å². The van der Waals surface area contributed by atoms with E-state index in [1.54, 1.807) is 19.1 Å². The molecule has 0 radical (unpaired) electrons. The third kappa shape index (κ3) is 5.54. The van der Waals surface area contributed by atoms with E-state index in [9.17, 15) is 19.1 Å². The van der Waals surface area contributed by atoms with Crippen molar-refractivity contribution in [3.8, 4) is 5.69 Å². The molecule has 1 aliphatic rings. The highest BCUT2D eigenvalue weighted by Crippen LogP contribution is 2.28. The quantitative estimate of drug-likeness (QED) is 0.500. The second-order valence-electron chi connectivity index (χ2n) is 8.31. The number of hydrogen-bond donors (Lipinski definition) is 2. The Morgan fingerprint density at radius 3 is 2.56 bits per heavy atom. The van der Waals surface area contributed by atoms with E-state index in [0.29, 0.717) is 5.69 Å². The zero-order chi connectivity index (χ0) is 24.1. The molecule has 2 unspecified atom stereocenters. The van der Waals surface area contributed by atoms with Crippen molar-refractivity contribution in [3.63, 3.8) is 0 Å². The normalized spacial score (nSPS) is 16.6. The number of aromatic nitrogens is 2. The molecule has 2 aromatic carbocycles. The third-order valence-electron chi connectivity index (χ3n) is 5.93. The monoisotopic (exact) mass is 466 g/mol. The van der Waals surface area contributed by atoms with Gasteiger partial charge in [-0.05, 0) is 56.0 Å². The summed E-state index contributed by atoms with van der Waals surface area (Å²) in [6.45, 7) is 2.53. The first kappa shape index (κ1) is 23.3. The minimum atomic E-state index is -0.808. The lowest BCUT2D eigenvalue weighted by molar-refractivity contribution is -0.137. The van der Waals surface area contributed by atoms with Crippen LogP contribution in [0.1, 0.15) is 44.3 Å². The molecule has 1 aromatic heterocycles. The smallest absolute Gasteiger partial charge is 0.413 e. The van der Waals surface area contributed by atoms with Gasteiger partial charge in [0.25, 0.3) is 0 Å². The molecule has 1 saturated heterocycles. The first-order valence-corrected chi connectivity index (χ1v) is 11.3. The van der Waals surface area contributed by atoms with Gasteiger partial charge in [-0.3, -0.25) is 10.1 Å². The van der Waals surface area contributed by atoms with Gasteiger partial charge < -0.3 is 14.7 Å². The van der Waals surface area contributed by atoms with Crippen LogP contribution in [-0.2, 0) is 9.53 Å². The van der Waals surface area contributed by atoms with Crippen molar-refractivity contribution >= 4 is 23.6 Å². The molecule has 178 valence electrons. The molecule has 9 heteroatoms. The molecule has 8 nitrogen and oxygen atoms in total. The Hall–Kier alpha value is -3.88. The van der Waals surface area contributed by atoms with Crippen LogP contribution in [0.25, 0.3) is 5.69 Å². The molecule has 3 aromatic rings. The van der Waals surface area contributed by atoms with Gasteiger partial charge in [0.2, 0.25) is 0 Å². The molecule has 0 saturated carbocycles. The zero-order valence-electron chi connectivity index (χ0n) is 18.9. The van der Waals surface area contributed by atoms with Crippen LogP contribution in [0.15, 0.2) is 60.8 Å². The van der Waals surface area contributed by atoms with E-state index in [2.05, 4.69) is 15.3 Å². The number of amides is 1. The minimum absolute atomic E-state index is 0.0423. The largest absolute Gasteiger partial charge is 0.481 e. The van der Waals surface area contributed by atoms with E-state index >= 15 is 0 Å². The summed E-state index contributed by atoms with van der Waals surface area (Å²) in [5.74, 6) is -1.73. The SMILES string of the molecule is CC(OC(=O)Nc1nn(-c2ccc(N3CCCCC3CC(=O)O)cc2)cc1F)c1ccccc1. The van der Waals surface area contributed by atoms with Gasteiger partial charge in [0, 0.05) is 18.3 Å². The van der Waals surface area contributed by atoms with Gasteiger partial charge in [-0.2, -0.15) is 0 Å². The Morgan fingerprint density at radius 2 is 1.85 bits per heavy atom. The number of halogens is 1. The highest BCUT2D eigenvalue weighted by atomic mass is 19.1. The Bertz CT molecular complexity index is 1130. The maximum absolute atomic E-state index is 14.4. The van der Waals surface area contributed by atoms with Gasteiger partial charge >= 0.3 is 12.1 Å². The number of hydrogen-bond acceptors (Lipinski definition) is 5. The molecular weight excluding hydrogens is 439 g/mol. The number of carboxylic acid groups (broad SMARTS) is 1. The number of carbonyl (C=O) groups excluding carboxylic acids is 1. The number of aliphatic carboxylic acids is 1. The number of rotatable bonds is 7. The number of carboxylic acids is 1. The molecule has 1 fully saturated rings. The van der Waals surface area contributed by atoms with Crippen molar-refractivity contribution in [1.82, 2.24) is 9.78 Å². The average molecular weight is 467 g/mol. The Kier molecular flexibility index (Phi) is 7.10. The number of ether oxygens (including phenoxy) is 1. The molecule has 1 aliphatic heterocycles. The van der Waals surface area contributed by atoms with E-state index in [1.165, 1.54) is 10.9 Å². The first-order chi connectivity index (χ1) is 16.4. The molecule has 0 aliphatic carbocycles. The summed E-state index contributed by atoms with van der Waals surface area (Å²) in [6.07, 6.45) is 2.84. The lowest BCUT2D eigenvalue weighted by Crippen LogP contribution is -2.40. The molecule has 1 amide bonds. The first-order valence-electron chi connectivity index (χ1n) is 11.3. The van der Waals surface area contributed by atoms with E-state index in [-0.39, 0.29) is 18.3 Å². The van der Waals surface area contributed by atoms with Crippen LogP contribution < -0.4 is 10.2 Å². The molecule has 2 atom stereocenters. The van der Waals surface area contributed by atoms with Crippen LogP contribution in [0.4, 0.5) is 20.7 Å². The second-order valence-corrected chi connectivity index (χ2v) is 8.31. The molecule has 0 bridgehead atoms. The van der Waals surface area contributed by atoms with Gasteiger partial charge in [0.1, 0.15) is 6.10 Å². The summed E-state index contributed by atoms with van der Waals surface area (Å²) in [5, 5.41) is 15.7. The van der Waals surface area contributed by atoms with Crippen molar-refractivity contribution in [2.24, 2.45) is 0 Å². The van der Waals surface area contributed by atoms with Crippen LogP contribution in [0.3, 0.4) is 0 Å². The maximum atomic E-state index is 14.4. The third-order valence-corrected chi connectivity index (χ3v) is 5.93. The van der Waals surface area contributed by atoms with Crippen molar-refractivity contribution in [1.29, 1.82) is 0 Å². The van der Waals surface area contributed by atoms with E-state index in [1.807, 2.05) is 42.5 Å². The standard InChI is InChI=1S/C25H27FN4O4/c1-17(18-7-3-2-4-8-18)34-25(33)27-24-22(26)16-30(28-24)20-12-10-19(11-13-20)29-14-6-5-9-21(29)15-23(31)32/h2-4,7-8,10-13,16-17,21H,5-6,9,14-15H2,1H3,(H,31,32)(H,27,28,33). The molecule has 2 heterocycles. The van der Waals surface area contributed by atoms with Crippen LogP contribution >= 0.6 is 0 Å². The molecule has 2 N–H and O–H groups in total. The maximum Gasteiger partial charge on any atom is 0.413 e. The average Bonchev–Trinajstić information content (AvgIpc) is 3.19. The lowest BCUT2D eigenvalue weighted by atomic mass is 9.98. The van der Waals surface area contributed by atoms with Crippen LogP contribution in [0, 0.1) is 5.82 Å². The molecular formula is C25H27FN4O4. The Balaban J connectivity index is 1.42. The van der Waals surface area contributed by atoms with Gasteiger partial charge in [-0.15, -0.1) is 5.10 Å². The second kappa shape index (κ2) is 10.4. The number of carbonyl (C=O) groups is 2. The predicted molar refractivity (Wildman–Crippen MR) is 126 cm³/mol.